The number of anilines is 1. The lowest BCUT2D eigenvalue weighted by molar-refractivity contribution is -0.122. The lowest BCUT2D eigenvalue weighted by Crippen LogP contribution is -2.54. The molecule has 4 amide bonds. The van der Waals surface area contributed by atoms with Gasteiger partial charge < -0.3 is 9.47 Å². The van der Waals surface area contributed by atoms with E-state index in [-0.39, 0.29) is 17.9 Å². The summed E-state index contributed by atoms with van der Waals surface area (Å²) in [6.45, 7) is 2.32. The molecule has 0 atom stereocenters. The van der Waals surface area contributed by atoms with Crippen LogP contribution in [0.15, 0.2) is 66.2 Å². The predicted octanol–water partition coefficient (Wildman–Crippen LogP) is 5.46. The number of amides is 4. The van der Waals surface area contributed by atoms with Crippen LogP contribution in [-0.2, 0) is 16.2 Å². The molecule has 0 spiro atoms. The fourth-order valence-electron chi connectivity index (χ4n) is 3.63. The number of ether oxygens (including phenoxy) is 2. The Morgan fingerprint density at radius 3 is 2.51 bits per heavy atom. The maximum absolute atomic E-state index is 13.2. The van der Waals surface area contributed by atoms with Crippen LogP contribution >= 0.6 is 34.2 Å². The normalized spacial score (nSPS) is 14.4. The van der Waals surface area contributed by atoms with Gasteiger partial charge in [-0.3, -0.25) is 14.9 Å². The van der Waals surface area contributed by atoms with Crippen molar-refractivity contribution < 1.29 is 23.9 Å². The first kappa shape index (κ1) is 26.2. The van der Waals surface area contributed by atoms with Crippen molar-refractivity contribution in [3.63, 3.8) is 0 Å². The van der Waals surface area contributed by atoms with Crippen LogP contribution < -0.4 is 19.7 Å². The summed E-state index contributed by atoms with van der Waals surface area (Å²) < 4.78 is 12.5. The molecule has 1 N–H and O–H groups in total. The van der Waals surface area contributed by atoms with E-state index in [2.05, 4.69) is 34.0 Å². The van der Waals surface area contributed by atoms with Gasteiger partial charge in [0.05, 0.1) is 27.5 Å². The zero-order chi connectivity index (χ0) is 26.5. The molecule has 0 radical (unpaired) electrons. The van der Waals surface area contributed by atoms with Crippen molar-refractivity contribution in [3.05, 3.63) is 91.5 Å². The van der Waals surface area contributed by atoms with Crippen molar-refractivity contribution in [2.24, 2.45) is 0 Å². The van der Waals surface area contributed by atoms with Crippen LogP contribution in [0.5, 0.6) is 11.5 Å². The first-order chi connectivity index (χ1) is 17.8. The fourth-order valence-corrected chi connectivity index (χ4v) is 4.54. The van der Waals surface area contributed by atoms with E-state index in [1.807, 2.05) is 19.1 Å². The van der Waals surface area contributed by atoms with Gasteiger partial charge in [0.25, 0.3) is 11.8 Å². The van der Waals surface area contributed by atoms with Crippen molar-refractivity contribution in [1.82, 2.24) is 5.32 Å². The Labute approximate surface area is 231 Å². The summed E-state index contributed by atoms with van der Waals surface area (Å²) in [5, 5.41) is 12.0. The number of hydrogen-bond acceptors (Lipinski definition) is 6. The second-order valence-electron chi connectivity index (χ2n) is 7.75. The Morgan fingerprint density at radius 1 is 1.08 bits per heavy atom. The molecule has 0 aromatic heterocycles. The molecule has 4 rings (SSSR count). The van der Waals surface area contributed by atoms with E-state index in [0.29, 0.717) is 37.8 Å². The first-order valence-electron chi connectivity index (χ1n) is 11.1. The van der Waals surface area contributed by atoms with E-state index in [9.17, 15) is 19.6 Å². The van der Waals surface area contributed by atoms with Crippen molar-refractivity contribution in [1.29, 1.82) is 5.26 Å². The molecule has 10 heteroatoms. The van der Waals surface area contributed by atoms with Gasteiger partial charge in [-0.15, -0.1) is 0 Å². The highest BCUT2D eigenvalue weighted by atomic mass is 127. The van der Waals surface area contributed by atoms with Gasteiger partial charge in [-0.05, 0) is 83.6 Å². The first-order valence-corrected chi connectivity index (χ1v) is 12.5. The van der Waals surface area contributed by atoms with Gasteiger partial charge in [0.1, 0.15) is 12.2 Å². The second kappa shape index (κ2) is 11.5. The van der Waals surface area contributed by atoms with Gasteiger partial charge in [0, 0.05) is 10.6 Å². The highest BCUT2D eigenvalue weighted by molar-refractivity contribution is 14.1. The van der Waals surface area contributed by atoms with Crippen LogP contribution in [-0.4, -0.2) is 24.5 Å². The number of halogens is 2. The molecule has 0 bridgehead atoms. The maximum atomic E-state index is 13.2. The third-order valence-electron chi connectivity index (χ3n) is 5.34. The van der Waals surface area contributed by atoms with Gasteiger partial charge in [-0.1, -0.05) is 29.8 Å². The molecule has 0 unspecified atom stereocenters. The summed E-state index contributed by atoms with van der Waals surface area (Å²) in [4.78, 5) is 39.1. The van der Waals surface area contributed by atoms with E-state index in [0.717, 1.165) is 10.5 Å². The van der Waals surface area contributed by atoms with Gasteiger partial charge in [0.15, 0.2) is 11.5 Å². The zero-order valence-electron chi connectivity index (χ0n) is 19.5. The Kier molecular flexibility index (Phi) is 8.11. The molecule has 3 aromatic carbocycles. The minimum absolute atomic E-state index is 0.152. The Morgan fingerprint density at radius 2 is 1.81 bits per heavy atom. The number of nitriles is 1. The number of carbonyl (C=O) groups is 3. The summed E-state index contributed by atoms with van der Waals surface area (Å²) in [7, 11) is 0. The average Bonchev–Trinajstić information content (AvgIpc) is 2.87. The molecule has 0 aliphatic carbocycles. The number of urea groups is 1. The number of barbiturate groups is 1. The third-order valence-corrected chi connectivity index (χ3v) is 6.39. The fraction of sp³-hybridized carbons (Fsp3) is 0.111. The highest BCUT2D eigenvalue weighted by Gasteiger charge is 2.36. The van der Waals surface area contributed by atoms with Crippen LogP contribution in [0.25, 0.3) is 6.08 Å². The molecular formula is C27H19ClIN3O5. The second-order valence-corrected chi connectivity index (χ2v) is 9.35. The molecule has 1 aliphatic heterocycles. The van der Waals surface area contributed by atoms with E-state index in [1.54, 1.807) is 36.4 Å². The quantitative estimate of drug-likeness (QED) is 0.212. The summed E-state index contributed by atoms with van der Waals surface area (Å²) in [5.74, 6) is -0.696. The number of rotatable bonds is 7. The summed E-state index contributed by atoms with van der Waals surface area (Å²) in [5.41, 5.74) is 1.80. The molecule has 37 heavy (non-hydrogen) atoms. The van der Waals surface area contributed by atoms with Crippen LogP contribution in [0.3, 0.4) is 0 Å². The average molecular weight is 628 g/mol. The van der Waals surface area contributed by atoms with E-state index >= 15 is 0 Å². The maximum Gasteiger partial charge on any atom is 0.335 e. The molecule has 186 valence electrons. The molecule has 8 nitrogen and oxygen atoms in total. The number of nitrogens with one attached hydrogen (secondary N) is 1. The molecule has 1 saturated heterocycles. The number of nitrogens with zero attached hydrogens (tertiary/aromatic N) is 2. The van der Waals surface area contributed by atoms with E-state index in [1.165, 1.54) is 18.2 Å². The molecular weight excluding hydrogens is 609 g/mol. The van der Waals surface area contributed by atoms with Gasteiger partial charge in [-0.2, -0.15) is 5.26 Å². The van der Waals surface area contributed by atoms with E-state index < -0.39 is 17.8 Å². The van der Waals surface area contributed by atoms with Crippen molar-refractivity contribution >= 4 is 63.8 Å². The van der Waals surface area contributed by atoms with Crippen molar-refractivity contribution in [2.75, 3.05) is 11.5 Å². The summed E-state index contributed by atoms with van der Waals surface area (Å²) in [6.07, 6.45) is 1.40. The van der Waals surface area contributed by atoms with Gasteiger partial charge in [0.2, 0.25) is 0 Å². The summed E-state index contributed by atoms with van der Waals surface area (Å²) in [6, 6.07) is 17.9. The monoisotopic (exact) mass is 627 g/mol. The third kappa shape index (κ3) is 5.76. The Hall–Kier alpha value is -3.88. The van der Waals surface area contributed by atoms with Crippen LogP contribution in [0.2, 0.25) is 5.02 Å². The molecule has 3 aromatic rings. The molecule has 1 aliphatic rings. The van der Waals surface area contributed by atoms with Gasteiger partial charge in [-0.25, -0.2) is 9.69 Å². The van der Waals surface area contributed by atoms with Crippen LogP contribution in [0, 0.1) is 14.9 Å². The van der Waals surface area contributed by atoms with Crippen molar-refractivity contribution in [3.8, 4) is 17.6 Å². The Balaban J connectivity index is 1.67. The van der Waals surface area contributed by atoms with E-state index in [4.69, 9.17) is 21.1 Å². The SMILES string of the molecule is CCOc1cc(/C=C2\C(=O)NC(=O)N(c3ccc(Cl)cc3)C2=O)cc(I)c1OCc1ccccc1C#N. The lowest BCUT2D eigenvalue weighted by Gasteiger charge is -2.26. The van der Waals surface area contributed by atoms with Gasteiger partial charge >= 0.3 is 6.03 Å². The summed E-state index contributed by atoms with van der Waals surface area (Å²) >= 11 is 7.99. The highest BCUT2D eigenvalue weighted by Crippen LogP contribution is 2.36. The number of hydrogen-bond donors (Lipinski definition) is 1. The van der Waals surface area contributed by atoms with Crippen LogP contribution in [0.1, 0.15) is 23.6 Å². The zero-order valence-corrected chi connectivity index (χ0v) is 22.4. The largest absolute Gasteiger partial charge is 0.490 e. The number of imide groups is 2. The number of carbonyl (C=O) groups excluding carboxylic acids is 3. The smallest absolute Gasteiger partial charge is 0.335 e. The number of benzene rings is 3. The Bertz CT molecular complexity index is 1460. The van der Waals surface area contributed by atoms with Crippen LogP contribution in [0.4, 0.5) is 10.5 Å². The molecule has 1 fully saturated rings. The lowest BCUT2D eigenvalue weighted by atomic mass is 10.1. The predicted molar refractivity (Wildman–Crippen MR) is 146 cm³/mol. The molecule has 0 saturated carbocycles. The molecule has 1 heterocycles. The standard InChI is InChI=1S/C27H19ClIN3O5/c1-2-36-23-13-16(12-22(29)24(23)37-15-18-6-4-3-5-17(18)14-30)11-21-25(33)31-27(35)32(26(21)34)20-9-7-19(28)8-10-20/h3-13H,2,15H2,1H3,(H,31,33,35)/b21-11+. The minimum atomic E-state index is -0.847. The minimum Gasteiger partial charge on any atom is -0.490 e. The van der Waals surface area contributed by atoms with Crippen molar-refractivity contribution in [2.45, 2.75) is 13.5 Å². The topological polar surface area (TPSA) is 109 Å².